The summed E-state index contributed by atoms with van der Waals surface area (Å²) in [5, 5.41) is 0. The number of rotatable bonds is 3. The Balaban J connectivity index is 2.23. The summed E-state index contributed by atoms with van der Waals surface area (Å²) in [4.78, 5) is 0. The predicted molar refractivity (Wildman–Crippen MR) is 50.6 cm³/mol. The molecule has 0 amide bonds. The fourth-order valence-electron chi connectivity index (χ4n) is 2.12. The van der Waals surface area contributed by atoms with Gasteiger partial charge in [0, 0.05) is 0 Å². The van der Waals surface area contributed by atoms with Crippen LogP contribution in [-0.2, 0) is 0 Å². The molecule has 0 aromatic rings. The second-order valence-electron chi connectivity index (χ2n) is 4.95. The van der Waals surface area contributed by atoms with Crippen molar-refractivity contribution in [1.29, 1.82) is 0 Å². The van der Waals surface area contributed by atoms with E-state index < -0.39 is 0 Å². The van der Waals surface area contributed by atoms with E-state index >= 15 is 0 Å². The third-order valence-corrected chi connectivity index (χ3v) is 3.14. The van der Waals surface area contributed by atoms with E-state index in [0.29, 0.717) is 0 Å². The van der Waals surface area contributed by atoms with Crippen molar-refractivity contribution in [1.82, 2.24) is 0 Å². The molecule has 11 heavy (non-hydrogen) atoms. The average molecular weight is 154 g/mol. The molecule has 1 aliphatic rings. The van der Waals surface area contributed by atoms with E-state index in [4.69, 9.17) is 0 Å². The van der Waals surface area contributed by atoms with Crippen LogP contribution < -0.4 is 0 Å². The van der Waals surface area contributed by atoms with Gasteiger partial charge in [-0.05, 0) is 30.6 Å². The first-order chi connectivity index (χ1) is 5.12. The molecule has 0 heteroatoms. The van der Waals surface area contributed by atoms with Crippen molar-refractivity contribution in [2.24, 2.45) is 11.3 Å². The van der Waals surface area contributed by atoms with Crippen LogP contribution in [0.3, 0.4) is 0 Å². The van der Waals surface area contributed by atoms with Gasteiger partial charge in [-0.25, -0.2) is 0 Å². The van der Waals surface area contributed by atoms with Gasteiger partial charge in [0.2, 0.25) is 0 Å². The smallest absolute Gasteiger partial charge is 0.0326 e. The van der Waals surface area contributed by atoms with Crippen LogP contribution in [0.5, 0.6) is 0 Å². The van der Waals surface area contributed by atoms with Crippen molar-refractivity contribution in [3.63, 3.8) is 0 Å². The second-order valence-corrected chi connectivity index (χ2v) is 4.95. The van der Waals surface area contributed by atoms with Gasteiger partial charge in [0.25, 0.3) is 0 Å². The van der Waals surface area contributed by atoms with Gasteiger partial charge in [0.05, 0.1) is 0 Å². The van der Waals surface area contributed by atoms with Crippen molar-refractivity contribution in [2.75, 3.05) is 0 Å². The molecule has 0 saturated heterocycles. The molecule has 1 rings (SSSR count). The number of hydrogen-bond donors (Lipinski definition) is 0. The highest BCUT2D eigenvalue weighted by Gasteiger charge is 2.27. The number of hydrogen-bond acceptors (Lipinski definition) is 0. The van der Waals surface area contributed by atoms with Crippen LogP contribution >= 0.6 is 0 Å². The summed E-state index contributed by atoms with van der Waals surface area (Å²) in [6.07, 6.45) is 8.82. The standard InChI is InChI=1S/C11H22/c1-10(2)6-9-11(3)7-4-5-8-11/h10H,4-9H2,1-3H3. The molecule has 0 aromatic heterocycles. The van der Waals surface area contributed by atoms with Crippen molar-refractivity contribution in [3.8, 4) is 0 Å². The first-order valence-corrected chi connectivity index (χ1v) is 5.12. The first kappa shape index (κ1) is 9.09. The van der Waals surface area contributed by atoms with Crippen molar-refractivity contribution in [2.45, 2.75) is 59.3 Å². The highest BCUT2D eigenvalue weighted by molar-refractivity contribution is 4.80. The lowest BCUT2D eigenvalue weighted by Crippen LogP contribution is -2.11. The molecule has 0 nitrogen and oxygen atoms in total. The SMILES string of the molecule is CC(C)CCC1(C)CCCC1. The van der Waals surface area contributed by atoms with Crippen LogP contribution in [0.15, 0.2) is 0 Å². The Hall–Kier alpha value is 0. The fraction of sp³-hybridized carbons (Fsp3) is 1.00. The Kier molecular flexibility index (Phi) is 2.98. The quantitative estimate of drug-likeness (QED) is 0.576. The average Bonchev–Trinajstić information content (AvgIpc) is 2.33. The molecule has 0 radical (unpaired) electrons. The minimum absolute atomic E-state index is 0.726. The largest absolute Gasteiger partial charge is 0.0628 e. The van der Waals surface area contributed by atoms with Gasteiger partial charge in [0.15, 0.2) is 0 Å². The van der Waals surface area contributed by atoms with Crippen molar-refractivity contribution in [3.05, 3.63) is 0 Å². The molecule has 1 saturated carbocycles. The van der Waals surface area contributed by atoms with Crippen LogP contribution in [0.2, 0.25) is 0 Å². The van der Waals surface area contributed by atoms with E-state index in [-0.39, 0.29) is 0 Å². The molecule has 1 fully saturated rings. The summed E-state index contributed by atoms with van der Waals surface area (Å²) in [6.45, 7) is 7.14. The zero-order chi connectivity index (χ0) is 8.32. The van der Waals surface area contributed by atoms with E-state index in [1.165, 1.54) is 38.5 Å². The molecular weight excluding hydrogens is 132 g/mol. The minimum atomic E-state index is 0.726. The maximum Gasteiger partial charge on any atom is -0.0326 e. The van der Waals surface area contributed by atoms with Gasteiger partial charge in [-0.2, -0.15) is 0 Å². The lowest BCUT2D eigenvalue weighted by atomic mass is 9.82. The summed E-state index contributed by atoms with van der Waals surface area (Å²) < 4.78 is 0. The maximum absolute atomic E-state index is 2.47. The molecule has 0 spiro atoms. The summed E-state index contributed by atoms with van der Waals surface area (Å²) in [7, 11) is 0. The summed E-state index contributed by atoms with van der Waals surface area (Å²) in [6, 6.07) is 0. The third-order valence-electron chi connectivity index (χ3n) is 3.14. The molecule has 1 aliphatic carbocycles. The fourth-order valence-corrected chi connectivity index (χ4v) is 2.12. The van der Waals surface area contributed by atoms with Crippen LogP contribution in [0, 0.1) is 11.3 Å². The predicted octanol–water partition coefficient (Wildman–Crippen LogP) is 4.00. The van der Waals surface area contributed by atoms with Gasteiger partial charge < -0.3 is 0 Å². The highest BCUT2D eigenvalue weighted by Crippen LogP contribution is 2.41. The molecule has 0 unspecified atom stereocenters. The molecule has 0 atom stereocenters. The summed E-state index contributed by atoms with van der Waals surface area (Å²) in [5.74, 6) is 0.896. The topological polar surface area (TPSA) is 0 Å². The van der Waals surface area contributed by atoms with Gasteiger partial charge >= 0.3 is 0 Å². The van der Waals surface area contributed by atoms with Crippen LogP contribution in [0.25, 0.3) is 0 Å². The maximum atomic E-state index is 2.47. The van der Waals surface area contributed by atoms with E-state index in [1.54, 1.807) is 0 Å². The second kappa shape index (κ2) is 3.60. The lowest BCUT2D eigenvalue weighted by Gasteiger charge is -2.24. The van der Waals surface area contributed by atoms with Gasteiger partial charge in [-0.3, -0.25) is 0 Å². The lowest BCUT2D eigenvalue weighted by molar-refractivity contribution is 0.281. The molecule has 0 aromatic carbocycles. The Morgan fingerprint density at radius 1 is 1.18 bits per heavy atom. The molecule has 0 aliphatic heterocycles. The monoisotopic (exact) mass is 154 g/mol. The molecule has 0 N–H and O–H groups in total. The first-order valence-electron chi connectivity index (χ1n) is 5.12. The normalized spacial score (nSPS) is 22.9. The van der Waals surface area contributed by atoms with E-state index in [0.717, 1.165) is 11.3 Å². The summed E-state index contributed by atoms with van der Waals surface area (Å²) >= 11 is 0. The Morgan fingerprint density at radius 2 is 1.73 bits per heavy atom. The van der Waals surface area contributed by atoms with Crippen LogP contribution in [0.1, 0.15) is 59.3 Å². The Labute approximate surface area is 71.4 Å². The van der Waals surface area contributed by atoms with Gasteiger partial charge in [0.1, 0.15) is 0 Å². The van der Waals surface area contributed by atoms with Crippen molar-refractivity contribution >= 4 is 0 Å². The van der Waals surface area contributed by atoms with E-state index in [9.17, 15) is 0 Å². The summed E-state index contributed by atoms with van der Waals surface area (Å²) in [5.41, 5.74) is 0.726. The Morgan fingerprint density at radius 3 is 2.18 bits per heavy atom. The van der Waals surface area contributed by atoms with E-state index in [2.05, 4.69) is 20.8 Å². The molecule has 66 valence electrons. The molecule has 0 heterocycles. The zero-order valence-corrected chi connectivity index (χ0v) is 8.32. The molecular formula is C11H22. The zero-order valence-electron chi connectivity index (χ0n) is 8.32. The van der Waals surface area contributed by atoms with Gasteiger partial charge in [-0.1, -0.05) is 40.0 Å². The van der Waals surface area contributed by atoms with Crippen LogP contribution in [-0.4, -0.2) is 0 Å². The van der Waals surface area contributed by atoms with E-state index in [1.807, 2.05) is 0 Å². The van der Waals surface area contributed by atoms with Gasteiger partial charge in [-0.15, -0.1) is 0 Å². The van der Waals surface area contributed by atoms with Crippen LogP contribution in [0.4, 0.5) is 0 Å². The minimum Gasteiger partial charge on any atom is -0.0628 e. The van der Waals surface area contributed by atoms with Crippen molar-refractivity contribution < 1.29 is 0 Å². The third kappa shape index (κ3) is 2.84. The highest BCUT2D eigenvalue weighted by atomic mass is 14.3. The Bertz CT molecular complexity index is 107. The molecule has 0 bridgehead atoms.